The first-order valence-corrected chi connectivity index (χ1v) is 7.87. The van der Waals surface area contributed by atoms with Crippen molar-refractivity contribution in [2.75, 3.05) is 24.5 Å². The molecule has 1 atom stereocenters. The van der Waals surface area contributed by atoms with Crippen LogP contribution in [-0.2, 0) is 5.75 Å². The highest BCUT2D eigenvalue weighted by Gasteiger charge is 2.23. The van der Waals surface area contributed by atoms with Gasteiger partial charge in [-0.2, -0.15) is 0 Å². The van der Waals surface area contributed by atoms with E-state index in [0.717, 1.165) is 31.2 Å². The molecular formula is C15H18N4S. The molecule has 2 heterocycles. The molecule has 0 radical (unpaired) electrons. The average molecular weight is 286 g/mol. The van der Waals surface area contributed by atoms with Crippen LogP contribution >= 0.6 is 11.8 Å². The molecule has 0 spiro atoms. The van der Waals surface area contributed by atoms with Crippen molar-refractivity contribution in [3.8, 4) is 0 Å². The molecule has 1 saturated heterocycles. The molecule has 1 fully saturated rings. The lowest BCUT2D eigenvalue weighted by molar-refractivity contribution is 0.559. The third-order valence-corrected chi connectivity index (χ3v) is 4.63. The van der Waals surface area contributed by atoms with Crippen LogP contribution in [0.4, 0.5) is 5.82 Å². The van der Waals surface area contributed by atoms with Crippen LogP contribution in [0.2, 0.25) is 0 Å². The van der Waals surface area contributed by atoms with E-state index < -0.39 is 0 Å². The summed E-state index contributed by atoms with van der Waals surface area (Å²) >= 11 is 1.95. The highest BCUT2D eigenvalue weighted by molar-refractivity contribution is 7.99. The van der Waals surface area contributed by atoms with Crippen molar-refractivity contribution in [2.24, 2.45) is 0 Å². The van der Waals surface area contributed by atoms with E-state index in [1.54, 1.807) is 12.4 Å². The van der Waals surface area contributed by atoms with Gasteiger partial charge in [-0.1, -0.05) is 30.3 Å². The second-order valence-electron chi connectivity index (χ2n) is 4.71. The molecule has 4 nitrogen and oxygen atoms in total. The van der Waals surface area contributed by atoms with Gasteiger partial charge < -0.3 is 10.2 Å². The van der Waals surface area contributed by atoms with Gasteiger partial charge in [-0.25, -0.2) is 4.98 Å². The Balaban J connectivity index is 1.67. The molecule has 20 heavy (non-hydrogen) atoms. The average Bonchev–Trinajstić information content (AvgIpc) is 2.55. The molecule has 1 aromatic heterocycles. The summed E-state index contributed by atoms with van der Waals surface area (Å²) in [6, 6.07) is 10.6. The van der Waals surface area contributed by atoms with Gasteiger partial charge in [0.2, 0.25) is 0 Å². The lowest BCUT2D eigenvalue weighted by Gasteiger charge is -2.36. The van der Waals surface area contributed by atoms with Crippen molar-refractivity contribution in [2.45, 2.75) is 11.1 Å². The van der Waals surface area contributed by atoms with Crippen molar-refractivity contribution >= 4 is 17.6 Å². The molecule has 1 aromatic carbocycles. The van der Waals surface area contributed by atoms with Gasteiger partial charge in [0.25, 0.3) is 0 Å². The number of aromatic nitrogens is 2. The summed E-state index contributed by atoms with van der Waals surface area (Å²) in [6.07, 6.45) is 5.33. The van der Waals surface area contributed by atoms with Gasteiger partial charge >= 0.3 is 0 Å². The van der Waals surface area contributed by atoms with Crippen LogP contribution in [0.5, 0.6) is 0 Å². The summed E-state index contributed by atoms with van der Waals surface area (Å²) in [5, 5.41) is 3.86. The van der Waals surface area contributed by atoms with Crippen molar-refractivity contribution < 1.29 is 0 Å². The highest BCUT2D eigenvalue weighted by atomic mass is 32.2. The third-order valence-electron chi connectivity index (χ3n) is 3.33. The maximum atomic E-state index is 4.43. The maximum Gasteiger partial charge on any atom is 0.148 e. The van der Waals surface area contributed by atoms with Crippen LogP contribution in [0.15, 0.2) is 48.9 Å². The number of nitrogens with zero attached hydrogens (tertiary/aromatic N) is 3. The summed E-state index contributed by atoms with van der Waals surface area (Å²) in [4.78, 5) is 11.0. The number of piperazine rings is 1. The molecule has 0 amide bonds. The third kappa shape index (κ3) is 3.29. The normalized spacial score (nSPS) is 19.0. The lowest BCUT2D eigenvalue weighted by Crippen LogP contribution is -2.50. The molecule has 2 aromatic rings. The van der Waals surface area contributed by atoms with E-state index in [9.17, 15) is 0 Å². The number of anilines is 1. The highest BCUT2D eigenvalue weighted by Crippen LogP contribution is 2.25. The Hall–Kier alpha value is -1.59. The number of thioether (sulfide) groups is 1. The Morgan fingerprint density at radius 3 is 2.95 bits per heavy atom. The van der Waals surface area contributed by atoms with Crippen LogP contribution in [0.1, 0.15) is 5.56 Å². The van der Waals surface area contributed by atoms with E-state index >= 15 is 0 Å². The predicted octanol–water partition coefficient (Wildman–Crippen LogP) is 2.15. The Bertz CT molecular complexity index is 520. The largest absolute Gasteiger partial charge is 0.341 e. The fraction of sp³-hybridized carbons (Fsp3) is 0.333. The molecule has 1 N–H and O–H groups in total. The fourth-order valence-electron chi connectivity index (χ4n) is 2.30. The van der Waals surface area contributed by atoms with Gasteiger partial charge in [-0.05, 0) is 5.56 Å². The minimum absolute atomic E-state index is 0.403. The van der Waals surface area contributed by atoms with E-state index in [4.69, 9.17) is 0 Å². The summed E-state index contributed by atoms with van der Waals surface area (Å²) in [5.74, 6) is 1.99. The van der Waals surface area contributed by atoms with Gasteiger partial charge in [0.05, 0.1) is 11.6 Å². The Morgan fingerprint density at radius 2 is 2.15 bits per heavy atom. The number of benzene rings is 1. The van der Waals surface area contributed by atoms with Crippen molar-refractivity contribution in [1.29, 1.82) is 0 Å². The summed E-state index contributed by atoms with van der Waals surface area (Å²) in [6.45, 7) is 2.96. The molecular weight excluding hydrogens is 268 g/mol. The second kappa shape index (κ2) is 6.72. The van der Waals surface area contributed by atoms with Gasteiger partial charge in [0.1, 0.15) is 5.82 Å². The molecule has 104 valence electrons. The van der Waals surface area contributed by atoms with Gasteiger partial charge in [0.15, 0.2) is 0 Å². The fourth-order valence-corrected chi connectivity index (χ4v) is 3.50. The number of hydrogen-bond donors (Lipinski definition) is 1. The summed E-state index contributed by atoms with van der Waals surface area (Å²) < 4.78 is 0. The van der Waals surface area contributed by atoms with Crippen molar-refractivity contribution in [3.05, 3.63) is 54.5 Å². The topological polar surface area (TPSA) is 41.0 Å². The number of hydrogen-bond acceptors (Lipinski definition) is 5. The molecule has 1 aliphatic rings. The Kier molecular flexibility index (Phi) is 4.50. The minimum atomic E-state index is 0.403. The van der Waals surface area contributed by atoms with Crippen LogP contribution in [0.25, 0.3) is 0 Å². The lowest BCUT2D eigenvalue weighted by atomic mass is 10.2. The molecule has 3 rings (SSSR count). The van der Waals surface area contributed by atoms with E-state index in [1.165, 1.54) is 5.56 Å². The van der Waals surface area contributed by atoms with Crippen LogP contribution in [0.3, 0.4) is 0 Å². The molecule has 1 unspecified atom stereocenters. The SMILES string of the molecule is c1ccc(CSC2CNCCN2c2cnccn2)cc1. The zero-order valence-corrected chi connectivity index (χ0v) is 12.1. The Labute approximate surface area is 123 Å². The van der Waals surface area contributed by atoms with E-state index in [0.29, 0.717) is 5.37 Å². The zero-order valence-electron chi connectivity index (χ0n) is 11.3. The van der Waals surface area contributed by atoms with Crippen molar-refractivity contribution in [1.82, 2.24) is 15.3 Å². The number of nitrogens with one attached hydrogen (secondary N) is 1. The van der Waals surface area contributed by atoms with Crippen LogP contribution < -0.4 is 10.2 Å². The molecule has 0 bridgehead atoms. The first-order chi connectivity index (χ1) is 9.93. The maximum absolute atomic E-state index is 4.43. The molecule has 0 saturated carbocycles. The van der Waals surface area contributed by atoms with E-state index in [2.05, 4.69) is 50.5 Å². The zero-order chi connectivity index (χ0) is 13.6. The van der Waals surface area contributed by atoms with Gasteiger partial charge in [-0.3, -0.25) is 4.98 Å². The quantitative estimate of drug-likeness (QED) is 0.932. The first kappa shape index (κ1) is 13.4. The van der Waals surface area contributed by atoms with E-state index in [-0.39, 0.29) is 0 Å². The monoisotopic (exact) mass is 286 g/mol. The molecule has 1 aliphatic heterocycles. The second-order valence-corrected chi connectivity index (χ2v) is 5.88. The minimum Gasteiger partial charge on any atom is -0.341 e. The summed E-state index contributed by atoms with van der Waals surface area (Å²) in [7, 11) is 0. The first-order valence-electron chi connectivity index (χ1n) is 6.82. The predicted molar refractivity (Wildman–Crippen MR) is 83.8 cm³/mol. The molecule has 5 heteroatoms. The standard InChI is InChI=1S/C15H18N4S/c1-2-4-13(5-3-1)12-20-15-11-17-8-9-19(15)14-10-16-6-7-18-14/h1-7,10,15,17H,8-9,11-12H2. The number of rotatable bonds is 4. The van der Waals surface area contributed by atoms with Crippen LogP contribution in [0, 0.1) is 0 Å². The Morgan fingerprint density at radius 1 is 1.25 bits per heavy atom. The van der Waals surface area contributed by atoms with Gasteiger partial charge in [-0.15, -0.1) is 11.8 Å². The van der Waals surface area contributed by atoms with Crippen LogP contribution in [-0.4, -0.2) is 35.0 Å². The molecule has 0 aliphatic carbocycles. The van der Waals surface area contributed by atoms with Gasteiger partial charge in [0, 0.05) is 37.8 Å². The smallest absolute Gasteiger partial charge is 0.148 e. The summed E-state index contributed by atoms with van der Waals surface area (Å²) in [5.41, 5.74) is 1.36. The van der Waals surface area contributed by atoms with Crippen molar-refractivity contribution in [3.63, 3.8) is 0 Å². The van der Waals surface area contributed by atoms with E-state index in [1.807, 2.05) is 18.0 Å².